The molecule has 0 bridgehead atoms. The number of hydrogen-bond acceptors (Lipinski definition) is 8. The van der Waals surface area contributed by atoms with Gasteiger partial charge < -0.3 is 23.7 Å². The van der Waals surface area contributed by atoms with Crippen molar-refractivity contribution in [3.63, 3.8) is 0 Å². The van der Waals surface area contributed by atoms with Crippen LogP contribution in [0.5, 0.6) is 0 Å². The quantitative estimate of drug-likeness (QED) is 0.120. The number of carbonyl (C=O) groups is 3. The SMILES string of the molecule is CCCCC(C)(CCC[C@H]1CC[C@H](OC(C)=O)[C@@H]1CCCCC(=O)C(OC1CCCCO1)C(=O)OC)OC. The summed E-state index contributed by atoms with van der Waals surface area (Å²) in [7, 11) is 3.08. The van der Waals surface area contributed by atoms with E-state index in [0.717, 1.165) is 70.6 Å². The van der Waals surface area contributed by atoms with E-state index in [2.05, 4.69) is 13.8 Å². The highest BCUT2D eigenvalue weighted by Crippen LogP contribution is 2.41. The Hall–Kier alpha value is -1.51. The minimum absolute atomic E-state index is 0.0586. The van der Waals surface area contributed by atoms with Crippen LogP contribution < -0.4 is 0 Å². The van der Waals surface area contributed by atoms with Crippen molar-refractivity contribution >= 4 is 17.7 Å². The van der Waals surface area contributed by atoms with E-state index < -0.39 is 18.4 Å². The number of rotatable bonds is 18. The molecule has 0 radical (unpaired) electrons. The molecule has 0 aromatic rings. The molecule has 2 rings (SSSR count). The van der Waals surface area contributed by atoms with Gasteiger partial charge in [0.15, 0.2) is 12.1 Å². The van der Waals surface area contributed by atoms with Gasteiger partial charge in [0.25, 0.3) is 0 Å². The maximum absolute atomic E-state index is 12.9. The first kappa shape index (κ1) is 32.7. The molecule has 1 saturated carbocycles. The van der Waals surface area contributed by atoms with Gasteiger partial charge in [0.1, 0.15) is 6.10 Å². The number of ketones is 1. The molecular weight excluding hydrogens is 488 g/mol. The highest BCUT2D eigenvalue weighted by molar-refractivity contribution is 6.01. The Labute approximate surface area is 229 Å². The summed E-state index contributed by atoms with van der Waals surface area (Å²) in [6.07, 6.45) is 11.9. The molecule has 3 unspecified atom stereocenters. The Balaban J connectivity index is 1.87. The van der Waals surface area contributed by atoms with Crippen LogP contribution in [0.1, 0.15) is 117 Å². The van der Waals surface area contributed by atoms with Crippen LogP contribution in [0.15, 0.2) is 0 Å². The number of unbranched alkanes of at least 4 members (excludes halogenated alkanes) is 2. The Kier molecular flexibility index (Phi) is 14.8. The zero-order valence-corrected chi connectivity index (χ0v) is 24.5. The summed E-state index contributed by atoms with van der Waals surface area (Å²) in [5.74, 6) is -0.377. The largest absolute Gasteiger partial charge is 0.467 e. The zero-order valence-electron chi connectivity index (χ0n) is 24.5. The predicted molar refractivity (Wildman–Crippen MR) is 145 cm³/mol. The summed E-state index contributed by atoms with van der Waals surface area (Å²) < 4.78 is 27.6. The average Bonchev–Trinajstić information content (AvgIpc) is 3.28. The van der Waals surface area contributed by atoms with Gasteiger partial charge in [-0.1, -0.05) is 32.6 Å². The zero-order chi connectivity index (χ0) is 28.0. The number of esters is 2. The summed E-state index contributed by atoms with van der Waals surface area (Å²) in [4.78, 5) is 36.8. The average molecular weight is 541 g/mol. The predicted octanol–water partition coefficient (Wildman–Crippen LogP) is 5.92. The molecule has 0 amide bonds. The molecule has 0 aromatic carbocycles. The van der Waals surface area contributed by atoms with Gasteiger partial charge in [-0.25, -0.2) is 4.79 Å². The molecule has 0 spiro atoms. The van der Waals surface area contributed by atoms with Crippen LogP contribution in [0.25, 0.3) is 0 Å². The Bertz CT molecular complexity index is 719. The van der Waals surface area contributed by atoms with Gasteiger partial charge >= 0.3 is 11.9 Å². The first-order valence-corrected chi connectivity index (χ1v) is 14.8. The molecule has 8 nitrogen and oxygen atoms in total. The van der Waals surface area contributed by atoms with E-state index in [1.807, 2.05) is 7.11 Å². The number of hydrogen-bond donors (Lipinski definition) is 0. The van der Waals surface area contributed by atoms with Gasteiger partial charge in [-0.3, -0.25) is 9.59 Å². The third-order valence-corrected chi connectivity index (χ3v) is 8.40. The molecule has 8 heteroatoms. The van der Waals surface area contributed by atoms with Crippen molar-refractivity contribution in [3.8, 4) is 0 Å². The van der Waals surface area contributed by atoms with E-state index >= 15 is 0 Å². The first-order chi connectivity index (χ1) is 18.2. The minimum Gasteiger partial charge on any atom is -0.467 e. The summed E-state index contributed by atoms with van der Waals surface area (Å²) in [5, 5.41) is 0. The fourth-order valence-corrected chi connectivity index (χ4v) is 6.02. The molecule has 2 aliphatic rings. The van der Waals surface area contributed by atoms with Gasteiger partial charge in [0, 0.05) is 27.1 Å². The van der Waals surface area contributed by atoms with Crippen LogP contribution in [0, 0.1) is 11.8 Å². The van der Waals surface area contributed by atoms with Crippen molar-refractivity contribution < 1.29 is 38.1 Å². The van der Waals surface area contributed by atoms with Crippen LogP contribution >= 0.6 is 0 Å². The van der Waals surface area contributed by atoms with Crippen LogP contribution in [-0.4, -0.2) is 62.6 Å². The third-order valence-electron chi connectivity index (χ3n) is 8.40. The maximum Gasteiger partial charge on any atom is 0.342 e. The highest BCUT2D eigenvalue weighted by Gasteiger charge is 2.38. The lowest BCUT2D eigenvalue weighted by Crippen LogP contribution is -2.39. The molecule has 6 atom stereocenters. The molecule has 1 saturated heterocycles. The van der Waals surface area contributed by atoms with Crippen LogP contribution in [-0.2, 0) is 38.1 Å². The van der Waals surface area contributed by atoms with Gasteiger partial charge in [0.05, 0.1) is 12.7 Å². The van der Waals surface area contributed by atoms with Gasteiger partial charge in [-0.15, -0.1) is 0 Å². The molecule has 1 aliphatic carbocycles. The lowest BCUT2D eigenvalue weighted by atomic mass is 9.84. The molecule has 1 aliphatic heterocycles. The van der Waals surface area contributed by atoms with Crippen molar-refractivity contribution in [1.82, 2.24) is 0 Å². The molecule has 0 N–H and O–H groups in total. The monoisotopic (exact) mass is 540 g/mol. The standard InChI is InChI=1S/C30H52O8/c1-6-7-19-30(3,35-5)20-12-13-23-17-18-26(37-22(2)31)24(23)14-8-9-15-25(32)28(29(33)34-4)38-27-16-10-11-21-36-27/h23-24,26-28H,6-21H2,1-5H3/t23-,24+,26-,27?,28?,30?/m0/s1. The van der Waals surface area contributed by atoms with Crippen molar-refractivity contribution in [1.29, 1.82) is 0 Å². The lowest BCUT2D eigenvalue weighted by Gasteiger charge is -2.30. The van der Waals surface area contributed by atoms with Crippen molar-refractivity contribution in [3.05, 3.63) is 0 Å². The van der Waals surface area contributed by atoms with Crippen LogP contribution in [0.3, 0.4) is 0 Å². The molecule has 1 heterocycles. The van der Waals surface area contributed by atoms with E-state index in [9.17, 15) is 14.4 Å². The Morgan fingerprint density at radius 3 is 2.37 bits per heavy atom. The van der Waals surface area contributed by atoms with Gasteiger partial charge in [0.2, 0.25) is 6.10 Å². The second kappa shape index (κ2) is 17.2. The summed E-state index contributed by atoms with van der Waals surface area (Å²) in [5.41, 5.74) is -0.0827. The van der Waals surface area contributed by atoms with E-state index in [4.69, 9.17) is 23.7 Å². The van der Waals surface area contributed by atoms with E-state index in [1.165, 1.54) is 20.5 Å². The first-order valence-electron chi connectivity index (χ1n) is 14.8. The van der Waals surface area contributed by atoms with Crippen molar-refractivity contribution in [2.45, 2.75) is 141 Å². The summed E-state index contributed by atoms with van der Waals surface area (Å²) in [6.45, 7) is 6.46. The molecule has 38 heavy (non-hydrogen) atoms. The third kappa shape index (κ3) is 10.9. The van der Waals surface area contributed by atoms with E-state index in [1.54, 1.807) is 0 Å². The summed E-state index contributed by atoms with van der Waals surface area (Å²) in [6, 6.07) is 0. The van der Waals surface area contributed by atoms with Gasteiger partial charge in [-0.2, -0.15) is 0 Å². The number of Topliss-reactive ketones (excluding diaryl/α,β-unsaturated/α-hetero) is 1. The smallest absolute Gasteiger partial charge is 0.342 e. The van der Waals surface area contributed by atoms with E-state index in [-0.39, 0.29) is 29.9 Å². The number of carbonyl (C=O) groups excluding carboxylic acids is 3. The van der Waals surface area contributed by atoms with Crippen molar-refractivity contribution in [2.75, 3.05) is 20.8 Å². The second-order valence-corrected chi connectivity index (χ2v) is 11.3. The van der Waals surface area contributed by atoms with Crippen molar-refractivity contribution in [2.24, 2.45) is 11.8 Å². The molecule has 0 aromatic heterocycles. The Morgan fingerprint density at radius 1 is 0.974 bits per heavy atom. The topological polar surface area (TPSA) is 97.4 Å². The second-order valence-electron chi connectivity index (χ2n) is 11.3. The fraction of sp³-hybridized carbons (Fsp3) is 0.900. The van der Waals surface area contributed by atoms with Crippen LogP contribution in [0.2, 0.25) is 0 Å². The maximum atomic E-state index is 12.9. The fourth-order valence-electron chi connectivity index (χ4n) is 6.02. The highest BCUT2D eigenvalue weighted by atomic mass is 16.7. The molecule has 220 valence electrons. The van der Waals surface area contributed by atoms with Crippen LogP contribution in [0.4, 0.5) is 0 Å². The minimum atomic E-state index is -1.24. The Morgan fingerprint density at radius 2 is 1.74 bits per heavy atom. The number of methoxy groups -OCH3 is 2. The van der Waals surface area contributed by atoms with E-state index in [0.29, 0.717) is 31.3 Å². The van der Waals surface area contributed by atoms with Gasteiger partial charge in [-0.05, 0) is 83.0 Å². The molecular formula is C30H52O8. The number of ether oxygens (including phenoxy) is 5. The summed E-state index contributed by atoms with van der Waals surface area (Å²) >= 11 is 0. The normalized spacial score (nSPS) is 25.9. The lowest BCUT2D eigenvalue weighted by molar-refractivity contribution is -0.202. The molecule has 2 fully saturated rings.